The molecule has 0 fully saturated rings. The van der Waals surface area contributed by atoms with Gasteiger partial charge in [-0.05, 0) is 23.8 Å². The average Bonchev–Trinajstić information content (AvgIpc) is 2.85. The lowest BCUT2D eigenvalue weighted by molar-refractivity contribution is -0.121. The second-order valence-corrected chi connectivity index (χ2v) is 5.35. The summed E-state index contributed by atoms with van der Waals surface area (Å²) in [7, 11) is 0. The van der Waals surface area contributed by atoms with Crippen LogP contribution in [0.2, 0.25) is 0 Å². The van der Waals surface area contributed by atoms with Crippen molar-refractivity contribution in [3.05, 3.63) is 22.4 Å². The molecular formula is C13H20N2O2S. The predicted octanol–water partition coefficient (Wildman–Crippen LogP) is 2.03. The Morgan fingerprint density at radius 2 is 2.11 bits per heavy atom. The van der Waals surface area contributed by atoms with E-state index in [1.54, 1.807) is 6.07 Å². The second-order valence-electron chi connectivity index (χ2n) is 4.57. The van der Waals surface area contributed by atoms with Gasteiger partial charge < -0.3 is 10.6 Å². The Balaban J connectivity index is 2.08. The smallest absolute Gasteiger partial charge is 0.252 e. The van der Waals surface area contributed by atoms with Gasteiger partial charge in [0.1, 0.15) is 0 Å². The Hall–Kier alpha value is -1.36. The molecule has 0 bridgehead atoms. The third-order valence-electron chi connectivity index (χ3n) is 2.36. The van der Waals surface area contributed by atoms with E-state index in [-0.39, 0.29) is 11.8 Å². The van der Waals surface area contributed by atoms with Gasteiger partial charge in [0, 0.05) is 30.5 Å². The number of hydrogen-bond acceptors (Lipinski definition) is 3. The van der Waals surface area contributed by atoms with Gasteiger partial charge in [0.2, 0.25) is 5.91 Å². The molecule has 4 nitrogen and oxygen atoms in total. The highest BCUT2D eigenvalue weighted by atomic mass is 32.1. The summed E-state index contributed by atoms with van der Waals surface area (Å²) in [5, 5.41) is 9.32. The molecule has 0 unspecified atom stereocenters. The summed E-state index contributed by atoms with van der Waals surface area (Å²) in [5.41, 5.74) is 0.684. The summed E-state index contributed by atoms with van der Waals surface area (Å²) >= 11 is 1.50. The Labute approximate surface area is 112 Å². The van der Waals surface area contributed by atoms with Crippen LogP contribution in [-0.2, 0) is 4.79 Å². The predicted molar refractivity (Wildman–Crippen MR) is 73.7 cm³/mol. The van der Waals surface area contributed by atoms with E-state index in [1.165, 1.54) is 11.3 Å². The second kappa shape index (κ2) is 7.87. The van der Waals surface area contributed by atoms with E-state index in [4.69, 9.17) is 0 Å². The van der Waals surface area contributed by atoms with Crippen LogP contribution in [0.4, 0.5) is 0 Å². The molecular weight excluding hydrogens is 248 g/mol. The van der Waals surface area contributed by atoms with Crippen LogP contribution in [0.25, 0.3) is 0 Å². The van der Waals surface area contributed by atoms with Crippen LogP contribution in [0.15, 0.2) is 16.8 Å². The fraction of sp³-hybridized carbons (Fsp3) is 0.538. The molecule has 0 aliphatic rings. The molecule has 0 atom stereocenters. The average molecular weight is 268 g/mol. The molecule has 0 spiro atoms. The van der Waals surface area contributed by atoms with Gasteiger partial charge in [-0.3, -0.25) is 9.59 Å². The van der Waals surface area contributed by atoms with Crippen molar-refractivity contribution in [3.63, 3.8) is 0 Å². The molecule has 0 saturated carbocycles. The van der Waals surface area contributed by atoms with E-state index in [0.29, 0.717) is 37.4 Å². The van der Waals surface area contributed by atoms with Crippen LogP contribution < -0.4 is 10.6 Å². The van der Waals surface area contributed by atoms with Gasteiger partial charge in [0.15, 0.2) is 0 Å². The molecule has 1 rings (SSSR count). The van der Waals surface area contributed by atoms with Gasteiger partial charge in [-0.15, -0.1) is 0 Å². The summed E-state index contributed by atoms with van der Waals surface area (Å²) in [6, 6.07) is 1.79. The molecule has 100 valence electrons. The van der Waals surface area contributed by atoms with E-state index < -0.39 is 0 Å². The maximum Gasteiger partial charge on any atom is 0.252 e. The normalized spacial score (nSPS) is 10.4. The van der Waals surface area contributed by atoms with Crippen molar-refractivity contribution in [3.8, 4) is 0 Å². The zero-order valence-electron chi connectivity index (χ0n) is 10.9. The van der Waals surface area contributed by atoms with Crippen molar-refractivity contribution in [2.75, 3.05) is 13.1 Å². The third-order valence-corrected chi connectivity index (χ3v) is 3.04. The van der Waals surface area contributed by atoms with E-state index in [1.807, 2.05) is 10.8 Å². The Morgan fingerprint density at radius 1 is 1.33 bits per heavy atom. The lowest BCUT2D eigenvalue weighted by Gasteiger charge is -2.07. The van der Waals surface area contributed by atoms with E-state index in [9.17, 15) is 9.59 Å². The summed E-state index contributed by atoms with van der Waals surface area (Å²) in [4.78, 5) is 23.0. The Bertz CT molecular complexity index is 374. The molecule has 2 N–H and O–H groups in total. The zero-order chi connectivity index (χ0) is 13.4. The number of rotatable bonds is 7. The number of nitrogens with one attached hydrogen (secondary N) is 2. The molecule has 5 heteroatoms. The largest absolute Gasteiger partial charge is 0.356 e. The third kappa shape index (κ3) is 5.82. The molecule has 1 aromatic rings. The minimum Gasteiger partial charge on any atom is -0.356 e. The van der Waals surface area contributed by atoms with E-state index in [2.05, 4.69) is 24.5 Å². The van der Waals surface area contributed by atoms with Crippen LogP contribution in [0.5, 0.6) is 0 Å². The van der Waals surface area contributed by atoms with Crippen molar-refractivity contribution in [1.29, 1.82) is 0 Å². The quantitative estimate of drug-likeness (QED) is 0.743. The monoisotopic (exact) mass is 268 g/mol. The van der Waals surface area contributed by atoms with Crippen molar-refractivity contribution >= 4 is 23.2 Å². The number of thiophene rings is 1. The molecule has 0 aliphatic carbocycles. The first kappa shape index (κ1) is 14.7. The molecule has 0 aromatic carbocycles. The van der Waals surface area contributed by atoms with Crippen molar-refractivity contribution in [1.82, 2.24) is 10.6 Å². The maximum atomic E-state index is 11.6. The number of carbonyl (C=O) groups is 2. The first-order chi connectivity index (χ1) is 8.59. The number of carbonyl (C=O) groups excluding carboxylic acids is 2. The summed E-state index contributed by atoms with van der Waals surface area (Å²) in [6.07, 6.45) is 1.12. The molecule has 18 heavy (non-hydrogen) atoms. The van der Waals surface area contributed by atoms with Crippen molar-refractivity contribution in [2.45, 2.75) is 26.7 Å². The molecule has 1 aromatic heterocycles. The fourth-order valence-electron chi connectivity index (χ4n) is 1.35. The number of hydrogen-bond donors (Lipinski definition) is 2. The van der Waals surface area contributed by atoms with Crippen molar-refractivity contribution < 1.29 is 9.59 Å². The Morgan fingerprint density at radius 3 is 2.72 bits per heavy atom. The first-order valence-electron chi connectivity index (χ1n) is 6.16. The molecule has 1 heterocycles. The van der Waals surface area contributed by atoms with Gasteiger partial charge >= 0.3 is 0 Å². The summed E-state index contributed by atoms with van der Waals surface area (Å²) in [6.45, 7) is 5.35. The Kier molecular flexibility index (Phi) is 6.43. The first-order valence-corrected chi connectivity index (χ1v) is 7.11. The van der Waals surface area contributed by atoms with Crippen molar-refractivity contribution in [2.24, 2.45) is 5.92 Å². The molecule has 0 saturated heterocycles. The van der Waals surface area contributed by atoms with Gasteiger partial charge in [-0.1, -0.05) is 13.8 Å². The zero-order valence-corrected chi connectivity index (χ0v) is 11.7. The van der Waals surface area contributed by atoms with Gasteiger partial charge in [0.25, 0.3) is 5.91 Å². The molecule has 0 radical (unpaired) electrons. The highest BCUT2D eigenvalue weighted by Crippen LogP contribution is 2.05. The minimum atomic E-state index is -0.0705. The van der Waals surface area contributed by atoms with E-state index in [0.717, 1.165) is 0 Å². The minimum absolute atomic E-state index is 0.0495. The standard InChI is InChI=1S/C13H20N2O2S/c1-10(2)8-15-12(16)4-3-6-14-13(17)11-5-7-18-9-11/h5,7,9-10H,3-4,6,8H2,1-2H3,(H,14,17)(H,15,16). The van der Waals surface area contributed by atoms with E-state index >= 15 is 0 Å². The van der Waals surface area contributed by atoms with Gasteiger partial charge in [-0.2, -0.15) is 11.3 Å². The summed E-state index contributed by atoms with van der Waals surface area (Å²) in [5.74, 6) is 0.444. The maximum absolute atomic E-state index is 11.6. The topological polar surface area (TPSA) is 58.2 Å². The summed E-state index contributed by atoms with van der Waals surface area (Å²) < 4.78 is 0. The molecule has 0 aliphatic heterocycles. The van der Waals surface area contributed by atoms with Crippen LogP contribution in [0.1, 0.15) is 37.0 Å². The SMILES string of the molecule is CC(C)CNC(=O)CCCNC(=O)c1ccsc1. The van der Waals surface area contributed by atoms with Crippen LogP contribution >= 0.6 is 11.3 Å². The highest BCUT2D eigenvalue weighted by molar-refractivity contribution is 7.08. The van der Waals surface area contributed by atoms with Crippen LogP contribution in [0, 0.1) is 5.92 Å². The fourth-order valence-corrected chi connectivity index (χ4v) is 1.99. The van der Waals surface area contributed by atoms with Crippen LogP contribution in [-0.4, -0.2) is 24.9 Å². The lowest BCUT2D eigenvalue weighted by Crippen LogP contribution is -2.29. The molecule has 2 amide bonds. The van der Waals surface area contributed by atoms with Crippen LogP contribution in [0.3, 0.4) is 0 Å². The number of amides is 2. The van der Waals surface area contributed by atoms with Gasteiger partial charge in [-0.25, -0.2) is 0 Å². The lowest BCUT2D eigenvalue weighted by atomic mass is 10.2. The van der Waals surface area contributed by atoms with Gasteiger partial charge in [0.05, 0.1) is 0 Å². The highest BCUT2D eigenvalue weighted by Gasteiger charge is 2.05.